The van der Waals surface area contributed by atoms with E-state index in [4.69, 9.17) is 10.6 Å². The van der Waals surface area contributed by atoms with E-state index in [-0.39, 0.29) is 6.04 Å². The van der Waals surface area contributed by atoms with Crippen molar-refractivity contribution < 1.29 is 4.74 Å². The quantitative estimate of drug-likeness (QED) is 0.640. The van der Waals surface area contributed by atoms with E-state index in [0.29, 0.717) is 6.61 Å². The topological polar surface area (TPSA) is 60.2 Å². The average Bonchev–Trinajstić information content (AvgIpc) is 2.39. The fourth-order valence-corrected chi connectivity index (χ4v) is 2.48. The summed E-state index contributed by atoms with van der Waals surface area (Å²) in [6, 6.07) is 9.98. The molecule has 1 aromatic carbocycles. The van der Waals surface area contributed by atoms with Crippen molar-refractivity contribution >= 4 is 10.9 Å². The molecule has 0 bridgehead atoms. The highest BCUT2D eigenvalue weighted by Crippen LogP contribution is 2.31. The number of fused-ring (bicyclic) bond motifs is 1. The van der Waals surface area contributed by atoms with Gasteiger partial charge in [0.1, 0.15) is 0 Å². The van der Waals surface area contributed by atoms with E-state index in [1.807, 2.05) is 51.1 Å². The molecule has 0 spiro atoms. The first-order valence-electron chi connectivity index (χ1n) is 6.54. The summed E-state index contributed by atoms with van der Waals surface area (Å²) in [7, 11) is 0. The van der Waals surface area contributed by atoms with Gasteiger partial charge in [0.25, 0.3) is 0 Å². The number of rotatable bonds is 5. The van der Waals surface area contributed by atoms with E-state index in [9.17, 15) is 0 Å². The van der Waals surface area contributed by atoms with E-state index in [1.54, 1.807) is 6.20 Å². The largest absolute Gasteiger partial charge is 0.374 e. The van der Waals surface area contributed by atoms with Gasteiger partial charge in [-0.15, -0.1) is 0 Å². The standard InChI is InChI=1S/C15H21N3O/c1-4-19-15(2,3)14(18-16)12-9-5-7-11-8-6-10-17-13(11)12/h5-10,14,18H,4,16H2,1-3H3. The van der Waals surface area contributed by atoms with Gasteiger partial charge in [0.05, 0.1) is 17.2 Å². The lowest BCUT2D eigenvalue weighted by Gasteiger charge is -2.34. The Balaban J connectivity index is 2.52. The molecule has 19 heavy (non-hydrogen) atoms. The molecule has 1 atom stereocenters. The highest BCUT2D eigenvalue weighted by molar-refractivity contribution is 5.82. The van der Waals surface area contributed by atoms with Crippen molar-refractivity contribution in [3.8, 4) is 0 Å². The van der Waals surface area contributed by atoms with Gasteiger partial charge in [-0.2, -0.15) is 0 Å². The summed E-state index contributed by atoms with van der Waals surface area (Å²) in [4.78, 5) is 4.47. The summed E-state index contributed by atoms with van der Waals surface area (Å²) in [5.41, 5.74) is 4.48. The van der Waals surface area contributed by atoms with Crippen LogP contribution in [0, 0.1) is 0 Å². The van der Waals surface area contributed by atoms with Gasteiger partial charge in [0.2, 0.25) is 0 Å². The number of hydrogen-bond acceptors (Lipinski definition) is 4. The first kappa shape index (κ1) is 13.9. The normalized spacial score (nSPS) is 13.7. The summed E-state index contributed by atoms with van der Waals surface area (Å²) in [5.74, 6) is 5.75. The van der Waals surface area contributed by atoms with Crippen LogP contribution in [0.25, 0.3) is 10.9 Å². The molecule has 1 aromatic heterocycles. The highest BCUT2D eigenvalue weighted by atomic mass is 16.5. The summed E-state index contributed by atoms with van der Waals surface area (Å²) >= 11 is 0. The Kier molecular flexibility index (Phi) is 4.14. The van der Waals surface area contributed by atoms with Crippen molar-refractivity contribution in [2.24, 2.45) is 5.84 Å². The minimum atomic E-state index is -0.407. The van der Waals surface area contributed by atoms with E-state index < -0.39 is 5.60 Å². The molecule has 0 radical (unpaired) electrons. The Bertz CT molecular complexity index is 549. The lowest BCUT2D eigenvalue weighted by atomic mass is 9.90. The SMILES string of the molecule is CCOC(C)(C)C(NN)c1cccc2cccnc12. The van der Waals surface area contributed by atoms with Gasteiger partial charge in [0.15, 0.2) is 0 Å². The van der Waals surface area contributed by atoms with Crippen molar-refractivity contribution in [2.45, 2.75) is 32.4 Å². The van der Waals surface area contributed by atoms with Crippen LogP contribution in [0.15, 0.2) is 36.5 Å². The van der Waals surface area contributed by atoms with Crippen molar-refractivity contribution in [3.63, 3.8) is 0 Å². The second-order valence-electron chi connectivity index (χ2n) is 5.06. The molecule has 4 nitrogen and oxygen atoms in total. The summed E-state index contributed by atoms with van der Waals surface area (Å²) in [6.07, 6.45) is 1.80. The van der Waals surface area contributed by atoms with Crippen LogP contribution >= 0.6 is 0 Å². The molecule has 0 amide bonds. The number of nitrogens with two attached hydrogens (primary N) is 1. The minimum Gasteiger partial charge on any atom is -0.374 e. The van der Waals surface area contributed by atoms with Crippen LogP contribution in [0.1, 0.15) is 32.4 Å². The first-order valence-corrected chi connectivity index (χ1v) is 6.54. The van der Waals surface area contributed by atoms with E-state index >= 15 is 0 Å². The predicted molar refractivity (Wildman–Crippen MR) is 77.5 cm³/mol. The fourth-order valence-electron chi connectivity index (χ4n) is 2.48. The molecule has 3 N–H and O–H groups in total. The first-order chi connectivity index (χ1) is 9.10. The third-order valence-electron chi connectivity index (χ3n) is 3.35. The molecule has 1 heterocycles. The van der Waals surface area contributed by atoms with Crippen molar-refractivity contribution in [2.75, 3.05) is 6.61 Å². The van der Waals surface area contributed by atoms with Crippen LogP contribution in [0.5, 0.6) is 0 Å². The van der Waals surface area contributed by atoms with Crippen LogP contribution < -0.4 is 11.3 Å². The number of nitrogens with zero attached hydrogens (tertiary/aromatic N) is 1. The van der Waals surface area contributed by atoms with E-state index in [0.717, 1.165) is 16.5 Å². The third kappa shape index (κ3) is 2.76. The average molecular weight is 259 g/mol. The Morgan fingerprint density at radius 3 is 2.74 bits per heavy atom. The van der Waals surface area contributed by atoms with Gasteiger partial charge in [0, 0.05) is 18.2 Å². The Hall–Kier alpha value is -1.49. The van der Waals surface area contributed by atoms with Gasteiger partial charge < -0.3 is 4.74 Å². The molecule has 0 saturated carbocycles. The zero-order chi connectivity index (χ0) is 13.9. The number of hydrogen-bond donors (Lipinski definition) is 2. The molecule has 0 aliphatic heterocycles. The summed E-state index contributed by atoms with van der Waals surface area (Å²) in [6.45, 7) is 6.69. The molecule has 0 aliphatic carbocycles. The second-order valence-corrected chi connectivity index (χ2v) is 5.06. The second kappa shape index (κ2) is 5.65. The zero-order valence-electron chi connectivity index (χ0n) is 11.7. The summed E-state index contributed by atoms with van der Waals surface area (Å²) < 4.78 is 5.82. The van der Waals surface area contributed by atoms with Gasteiger partial charge in [-0.25, -0.2) is 0 Å². The monoisotopic (exact) mass is 259 g/mol. The van der Waals surface area contributed by atoms with Crippen LogP contribution in [0.2, 0.25) is 0 Å². The van der Waals surface area contributed by atoms with Crippen molar-refractivity contribution in [1.82, 2.24) is 10.4 Å². The van der Waals surface area contributed by atoms with Crippen molar-refractivity contribution in [1.29, 1.82) is 0 Å². The highest BCUT2D eigenvalue weighted by Gasteiger charge is 2.32. The maximum atomic E-state index is 5.82. The molecule has 0 saturated heterocycles. The number of benzene rings is 1. The van der Waals surface area contributed by atoms with E-state index in [2.05, 4.69) is 10.4 Å². The van der Waals surface area contributed by atoms with E-state index in [1.165, 1.54) is 0 Å². The Morgan fingerprint density at radius 1 is 1.32 bits per heavy atom. The smallest absolute Gasteiger partial charge is 0.0833 e. The maximum Gasteiger partial charge on any atom is 0.0833 e. The van der Waals surface area contributed by atoms with Crippen LogP contribution in [0.3, 0.4) is 0 Å². The van der Waals surface area contributed by atoms with Gasteiger partial charge in [-0.3, -0.25) is 16.3 Å². The van der Waals surface area contributed by atoms with Gasteiger partial charge in [-0.05, 0) is 32.4 Å². The van der Waals surface area contributed by atoms with Gasteiger partial charge >= 0.3 is 0 Å². The molecule has 0 fully saturated rings. The molecule has 2 rings (SSSR count). The number of pyridine rings is 1. The number of ether oxygens (including phenoxy) is 1. The minimum absolute atomic E-state index is 0.119. The summed E-state index contributed by atoms with van der Waals surface area (Å²) in [5, 5.41) is 1.10. The fraction of sp³-hybridized carbons (Fsp3) is 0.400. The lowest BCUT2D eigenvalue weighted by Crippen LogP contribution is -2.44. The Labute approximate surface area is 113 Å². The zero-order valence-corrected chi connectivity index (χ0v) is 11.7. The predicted octanol–water partition coefficient (Wildman–Crippen LogP) is 2.55. The number of nitrogens with one attached hydrogen (secondary N) is 1. The molecule has 0 aliphatic rings. The lowest BCUT2D eigenvalue weighted by molar-refractivity contribution is -0.0389. The Morgan fingerprint density at radius 2 is 2.05 bits per heavy atom. The molecule has 1 unspecified atom stereocenters. The number of hydrazine groups is 1. The molecule has 4 heteroatoms. The maximum absolute atomic E-state index is 5.82. The molecule has 2 aromatic rings. The molecule has 102 valence electrons. The van der Waals surface area contributed by atoms with Crippen LogP contribution in [-0.4, -0.2) is 17.2 Å². The molecular weight excluding hydrogens is 238 g/mol. The van der Waals surface area contributed by atoms with Crippen LogP contribution in [0.4, 0.5) is 0 Å². The third-order valence-corrected chi connectivity index (χ3v) is 3.35. The molecular formula is C15H21N3O. The number of aromatic nitrogens is 1. The van der Waals surface area contributed by atoms with Crippen LogP contribution in [-0.2, 0) is 4.74 Å². The van der Waals surface area contributed by atoms with Gasteiger partial charge in [-0.1, -0.05) is 24.3 Å². The number of para-hydroxylation sites is 1. The van der Waals surface area contributed by atoms with Crippen molar-refractivity contribution in [3.05, 3.63) is 42.1 Å².